The molecular weight excluding hydrogens is 453 g/mol. The lowest BCUT2D eigenvalue weighted by Crippen LogP contribution is -2.31. The van der Waals surface area contributed by atoms with Gasteiger partial charge in [0, 0.05) is 16.8 Å². The molecule has 2 nitrogen and oxygen atoms in total. The van der Waals surface area contributed by atoms with Crippen molar-refractivity contribution in [2.45, 2.75) is 26.4 Å². The van der Waals surface area contributed by atoms with Gasteiger partial charge in [-0.25, -0.2) is 10.9 Å². The first-order valence-electron chi connectivity index (χ1n) is 9.62. The van der Waals surface area contributed by atoms with Crippen LogP contribution in [0.2, 0.25) is 0 Å². The van der Waals surface area contributed by atoms with Gasteiger partial charge in [0.2, 0.25) is 0 Å². The summed E-state index contributed by atoms with van der Waals surface area (Å²) in [6.45, 7) is 0.829. The summed E-state index contributed by atoms with van der Waals surface area (Å²) in [4.78, 5) is 1.54. The second kappa shape index (κ2) is 10.7. The third kappa shape index (κ3) is 5.42. The number of fused-ring (bicyclic) bond motifs is 1. The van der Waals surface area contributed by atoms with E-state index in [9.17, 15) is 0 Å². The third-order valence-corrected chi connectivity index (χ3v) is 13.2. The summed E-state index contributed by atoms with van der Waals surface area (Å²) in [6.07, 6.45) is 11.4. The zero-order valence-electron chi connectivity index (χ0n) is 17.4. The molecule has 158 valence electrons. The summed E-state index contributed by atoms with van der Waals surface area (Å²) in [5, 5.41) is 7.44. The number of benzene rings is 2. The van der Waals surface area contributed by atoms with E-state index in [0.29, 0.717) is 5.11 Å². The van der Waals surface area contributed by atoms with Crippen LogP contribution < -0.4 is 10.6 Å². The predicted molar refractivity (Wildman–Crippen MR) is 145 cm³/mol. The predicted octanol–water partition coefficient (Wildman–Crippen LogP) is 6.18. The van der Waals surface area contributed by atoms with Gasteiger partial charge in [-0.2, -0.15) is 11.8 Å². The molecule has 2 atom stereocenters. The van der Waals surface area contributed by atoms with Crippen molar-refractivity contribution < 1.29 is 0 Å². The third-order valence-electron chi connectivity index (χ3n) is 5.39. The zero-order chi connectivity index (χ0) is 20.9. The minimum absolute atomic E-state index is 0.123. The van der Waals surface area contributed by atoms with E-state index >= 15 is 0 Å². The van der Waals surface area contributed by atoms with E-state index < -0.39 is 0 Å². The summed E-state index contributed by atoms with van der Waals surface area (Å²) in [5.41, 5.74) is 3.88. The van der Waals surface area contributed by atoms with Crippen LogP contribution >= 0.6 is 58.4 Å². The summed E-state index contributed by atoms with van der Waals surface area (Å²) in [7, 11) is -0.149. The molecule has 2 aromatic carbocycles. The van der Waals surface area contributed by atoms with Gasteiger partial charge in [0.05, 0.1) is 4.08 Å². The number of rotatable bonds is 7. The maximum absolute atomic E-state index is 5.55. The van der Waals surface area contributed by atoms with E-state index in [2.05, 4.69) is 78.1 Å². The lowest BCUT2D eigenvalue weighted by molar-refractivity contribution is 0.784. The van der Waals surface area contributed by atoms with Gasteiger partial charge in [0.25, 0.3) is 0 Å². The molecule has 3 rings (SSSR count). The zero-order valence-corrected chi connectivity index (χ0v) is 21.6. The Morgan fingerprint density at radius 3 is 2.52 bits per heavy atom. The SMILES string of the molecule is CSC1CC(SC)(SC)c2cc(NC(=S)NCCc3ccccc3)ccc2[SH]1C. The van der Waals surface area contributed by atoms with Crippen molar-refractivity contribution in [3.05, 3.63) is 59.7 Å². The van der Waals surface area contributed by atoms with Crippen LogP contribution in [-0.4, -0.2) is 41.3 Å². The molecule has 7 heteroatoms. The smallest absolute Gasteiger partial charge is 0.170 e. The Kier molecular flexibility index (Phi) is 8.57. The Bertz CT molecular complexity index is 823. The molecule has 0 aromatic heterocycles. The number of nitrogens with one attached hydrogen (secondary N) is 2. The highest BCUT2D eigenvalue weighted by atomic mass is 32.2. The highest BCUT2D eigenvalue weighted by Crippen LogP contribution is 2.62. The monoisotopic (exact) mass is 482 g/mol. The Balaban J connectivity index is 1.71. The fourth-order valence-corrected chi connectivity index (χ4v) is 10.5. The molecule has 0 amide bonds. The molecule has 0 spiro atoms. The van der Waals surface area contributed by atoms with Gasteiger partial charge < -0.3 is 10.6 Å². The Hall–Kier alpha value is -0.470. The second-order valence-corrected chi connectivity index (χ2v) is 13.6. The maximum atomic E-state index is 5.55. The molecule has 2 N–H and O–H groups in total. The average molecular weight is 483 g/mol. The van der Waals surface area contributed by atoms with Gasteiger partial charge in [0.15, 0.2) is 5.11 Å². The minimum Gasteiger partial charge on any atom is -0.362 e. The van der Waals surface area contributed by atoms with Crippen molar-refractivity contribution in [1.29, 1.82) is 0 Å². The summed E-state index contributed by atoms with van der Waals surface area (Å²) in [6, 6.07) is 17.4. The molecular formula is C22H30N2S5. The van der Waals surface area contributed by atoms with Crippen molar-refractivity contribution in [2.24, 2.45) is 0 Å². The van der Waals surface area contributed by atoms with Gasteiger partial charge in [0.1, 0.15) is 0 Å². The second-order valence-electron chi connectivity index (χ2n) is 7.01. The average Bonchev–Trinajstić information content (AvgIpc) is 2.75. The Labute approximate surface area is 196 Å². The van der Waals surface area contributed by atoms with E-state index in [1.807, 2.05) is 41.4 Å². The molecule has 1 heterocycles. The largest absolute Gasteiger partial charge is 0.362 e. The first kappa shape index (κ1) is 23.2. The maximum Gasteiger partial charge on any atom is 0.170 e. The molecule has 2 unspecified atom stereocenters. The Morgan fingerprint density at radius 1 is 1.14 bits per heavy atom. The van der Waals surface area contributed by atoms with E-state index in [1.54, 1.807) is 4.90 Å². The van der Waals surface area contributed by atoms with Crippen molar-refractivity contribution in [3.63, 3.8) is 0 Å². The minimum atomic E-state index is -0.149. The number of thioether (sulfide) groups is 3. The molecule has 0 saturated carbocycles. The van der Waals surface area contributed by atoms with Gasteiger partial charge in [-0.05, 0) is 84.3 Å². The lowest BCUT2D eigenvalue weighted by Gasteiger charge is -2.45. The van der Waals surface area contributed by atoms with Crippen LogP contribution in [-0.2, 0) is 10.5 Å². The molecule has 2 aromatic rings. The van der Waals surface area contributed by atoms with Crippen LogP contribution in [0.3, 0.4) is 0 Å². The number of thiol groups is 1. The van der Waals surface area contributed by atoms with Crippen LogP contribution in [0.5, 0.6) is 0 Å². The quantitative estimate of drug-likeness (QED) is 0.248. The van der Waals surface area contributed by atoms with E-state index in [0.717, 1.165) is 23.2 Å². The molecule has 0 aliphatic carbocycles. The molecule has 29 heavy (non-hydrogen) atoms. The molecule has 0 bridgehead atoms. The fourth-order valence-electron chi connectivity index (χ4n) is 3.71. The van der Waals surface area contributed by atoms with Gasteiger partial charge in [-0.3, -0.25) is 0 Å². The van der Waals surface area contributed by atoms with Crippen LogP contribution in [0.25, 0.3) is 0 Å². The topological polar surface area (TPSA) is 24.1 Å². The van der Waals surface area contributed by atoms with E-state index in [1.165, 1.54) is 17.5 Å². The standard InChI is InChI=1S/C22H30N2S5/c1-26-20-15-22(27-2,28-3)18-14-17(10-11-19(18)29(20)4)24-21(25)23-13-12-16-8-6-5-7-9-16/h5-11,14,20,29H,12-13,15H2,1-4H3,(H2,23,24,25). The molecule has 1 aliphatic heterocycles. The first-order chi connectivity index (χ1) is 14.0. The first-order valence-corrected chi connectivity index (χ1v) is 15.6. The summed E-state index contributed by atoms with van der Waals surface area (Å²) in [5.74, 6) is 0. The number of thiocarbonyl (C=S) groups is 1. The summed E-state index contributed by atoms with van der Waals surface area (Å²) < 4.78 is 0.842. The molecule has 0 fully saturated rings. The summed E-state index contributed by atoms with van der Waals surface area (Å²) >= 11 is 11.5. The van der Waals surface area contributed by atoms with E-state index in [-0.39, 0.29) is 15.0 Å². The lowest BCUT2D eigenvalue weighted by atomic mass is 10.1. The van der Waals surface area contributed by atoms with Crippen molar-refractivity contribution in [2.75, 3.05) is 36.9 Å². The highest BCUT2D eigenvalue weighted by molar-refractivity contribution is 8.27. The van der Waals surface area contributed by atoms with Crippen molar-refractivity contribution in [3.8, 4) is 0 Å². The van der Waals surface area contributed by atoms with Crippen molar-refractivity contribution in [1.82, 2.24) is 5.32 Å². The van der Waals surface area contributed by atoms with Crippen LogP contribution in [0.15, 0.2) is 53.4 Å². The molecule has 1 aliphatic rings. The van der Waals surface area contributed by atoms with Gasteiger partial charge in [-0.15, -0.1) is 23.5 Å². The van der Waals surface area contributed by atoms with Crippen LogP contribution in [0.1, 0.15) is 17.5 Å². The normalized spacial score (nSPS) is 21.2. The number of hydrogen-bond acceptors (Lipinski definition) is 4. The highest BCUT2D eigenvalue weighted by Gasteiger charge is 2.41. The van der Waals surface area contributed by atoms with Gasteiger partial charge >= 0.3 is 0 Å². The Morgan fingerprint density at radius 2 is 1.86 bits per heavy atom. The van der Waals surface area contributed by atoms with E-state index in [4.69, 9.17) is 12.2 Å². The fraction of sp³-hybridized carbons (Fsp3) is 0.409. The number of hydrogen-bond donors (Lipinski definition) is 3. The number of anilines is 1. The van der Waals surface area contributed by atoms with Crippen molar-refractivity contribution >= 4 is 69.2 Å². The van der Waals surface area contributed by atoms with Gasteiger partial charge in [-0.1, -0.05) is 30.3 Å². The molecule has 0 radical (unpaired) electrons. The van der Waals surface area contributed by atoms with Crippen LogP contribution in [0, 0.1) is 0 Å². The van der Waals surface area contributed by atoms with Crippen LogP contribution in [0.4, 0.5) is 5.69 Å². The molecule has 0 saturated heterocycles.